The second-order valence-corrected chi connectivity index (χ2v) is 5.14. The van der Waals surface area contributed by atoms with Crippen LogP contribution >= 0.6 is 0 Å². The molecule has 5 nitrogen and oxygen atoms in total. The Hall–Kier alpha value is -0.650. The van der Waals surface area contributed by atoms with Crippen molar-refractivity contribution in [2.75, 3.05) is 6.54 Å². The zero-order chi connectivity index (χ0) is 12.4. The van der Waals surface area contributed by atoms with Crippen molar-refractivity contribution in [3.05, 3.63) is 0 Å². The summed E-state index contributed by atoms with van der Waals surface area (Å²) in [6.07, 6.45) is 1.75. The van der Waals surface area contributed by atoms with Crippen LogP contribution < -0.4 is 5.32 Å². The largest absolute Gasteiger partial charge is 0.461 e. The van der Waals surface area contributed by atoms with Crippen molar-refractivity contribution >= 4 is 5.97 Å². The van der Waals surface area contributed by atoms with Gasteiger partial charge in [0.15, 0.2) is 0 Å². The molecule has 0 radical (unpaired) electrons. The van der Waals surface area contributed by atoms with E-state index in [1.54, 1.807) is 0 Å². The summed E-state index contributed by atoms with van der Waals surface area (Å²) in [4.78, 5) is 11.8. The third-order valence-electron chi connectivity index (χ3n) is 3.33. The fourth-order valence-electron chi connectivity index (χ4n) is 2.58. The van der Waals surface area contributed by atoms with Crippen LogP contribution in [0.5, 0.6) is 0 Å². The molecule has 0 amide bonds. The lowest BCUT2D eigenvalue weighted by Gasteiger charge is -2.32. The minimum absolute atomic E-state index is 0.0548. The normalized spacial score (nSPS) is 42.4. The summed E-state index contributed by atoms with van der Waals surface area (Å²) >= 11 is 0. The van der Waals surface area contributed by atoms with E-state index in [9.17, 15) is 9.90 Å². The smallest absolute Gasteiger partial charge is 0.323 e. The van der Waals surface area contributed by atoms with Gasteiger partial charge in [-0.2, -0.15) is 0 Å². The lowest BCUT2D eigenvalue weighted by Crippen LogP contribution is -2.40. The van der Waals surface area contributed by atoms with Crippen LogP contribution in [0, 0.1) is 0 Å². The van der Waals surface area contributed by atoms with Gasteiger partial charge in [0.05, 0.1) is 18.3 Å². The zero-order valence-electron chi connectivity index (χ0n) is 10.4. The molecule has 2 fully saturated rings. The third kappa shape index (κ3) is 3.40. The summed E-state index contributed by atoms with van der Waals surface area (Å²) in [6, 6.07) is -0.349. The van der Waals surface area contributed by atoms with Gasteiger partial charge in [0.25, 0.3) is 0 Å². The van der Waals surface area contributed by atoms with Crippen LogP contribution in [0.15, 0.2) is 0 Å². The standard InChI is InChI=1S/C12H21NO4/c1-7-3-10(4-8(2)16-7)17-12(15)11-5-9(14)6-13-11/h7-11,13-14H,3-6H2,1-2H3. The van der Waals surface area contributed by atoms with Gasteiger partial charge in [-0.15, -0.1) is 0 Å². The van der Waals surface area contributed by atoms with Crippen molar-refractivity contribution in [3.8, 4) is 0 Å². The molecular formula is C12H21NO4. The number of aliphatic hydroxyl groups excluding tert-OH is 1. The monoisotopic (exact) mass is 243 g/mol. The Labute approximate surface area is 101 Å². The van der Waals surface area contributed by atoms with E-state index in [1.165, 1.54) is 0 Å². The average molecular weight is 243 g/mol. The first-order valence-corrected chi connectivity index (χ1v) is 6.32. The Morgan fingerprint density at radius 3 is 2.47 bits per heavy atom. The number of nitrogens with one attached hydrogen (secondary N) is 1. The number of esters is 1. The second kappa shape index (κ2) is 5.33. The molecule has 4 atom stereocenters. The number of carbonyl (C=O) groups is 1. The molecule has 2 heterocycles. The van der Waals surface area contributed by atoms with Crippen molar-refractivity contribution in [2.24, 2.45) is 0 Å². The highest BCUT2D eigenvalue weighted by atomic mass is 16.6. The van der Waals surface area contributed by atoms with Crippen molar-refractivity contribution in [1.82, 2.24) is 5.32 Å². The van der Waals surface area contributed by atoms with E-state index >= 15 is 0 Å². The number of β-amino-alcohol motifs (C(OH)–C–C–N with tert-alkyl or cyclic N) is 1. The molecule has 2 rings (SSSR count). The van der Waals surface area contributed by atoms with Gasteiger partial charge in [0.2, 0.25) is 0 Å². The molecule has 17 heavy (non-hydrogen) atoms. The van der Waals surface area contributed by atoms with E-state index in [1.807, 2.05) is 13.8 Å². The van der Waals surface area contributed by atoms with Gasteiger partial charge >= 0.3 is 5.97 Å². The Balaban J connectivity index is 1.81. The molecule has 5 heteroatoms. The summed E-state index contributed by atoms with van der Waals surface area (Å²) in [6.45, 7) is 4.46. The maximum absolute atomic E-state index is 11.8. The van der Waals surface area contributed by atoms with E-state index in [0.29, 0.717) is 13.0 Å². The summed E-state index contributed by atoms with van der Waals surface area (Å²) in [5.41, 5.74) is 0. The number of rotatable bonds is 2. The molecule has 2 saturated heterocycles. The number of ether oxygens (including phenoxy) is 2. The molecule has 2 aliphatic heterocycles. The van der Waals surface area contributed by atoms with Gasteiger partial charge < -0.3 is 19.9 Å². The van der Waals surface area contributed by atoms with Gasteiger partial charge in [-0.3, -0.25) is 4.79 Å². The Morgan fingerprint density at radius 2 is 1.94 bits per heavy atom. The highest BCUT2D eigenvalue weighted by molar-refractivity contribution is 5.76. The van der Waals surface area contributed by atoms with Gasteiger partial charge in [-0.1, -0.05) is 0 Å². The van der Waals surface area contributed by atoms with Crippen LogP contribution in [0.25, 0.3) is 0 Å². The van der Waals surface area contributed by atoms with Gasteiger partial charge in [-0.25, -0.2) is 0 Å². The summed E-state index contributed by atoms with van der Waals surface area (Å²) in [5.74, 6) is -0.243. The number of hydrogen-bond donors (Lipinski definition) is 2. The average Bonchev–Trinajstić information content (AvgIpc) is 2.63. The van der Waals surface area contributed by atoms with Crippen LogP contribution in [0.2, 0.25) is 0 Å². The third-order valence-corrected chi connectivity index (χ3v) is 3.33. The SMILES string of the molecule is CC1CC(OC(=O)C2CC(O)CN2)CC(C)O1. The van der Waals surface area contributed by atoms with E-state index in [4.69, 9.17) is 9.47 Å². The highest BCUT2D eigenvalue weighted by Crippen LogP contribution is 2.22. The summed E-state index contributed by atoms with van der Waals surface area (Å²) < 4.78 is 11.1. The predicted octanol–water partition coefficient (Wildman–Crippen LogP) is 0.208. The first-order valence-electron chi connectivity index (χ1n) is 6.32. The Bertz CT molecular complexity index is 274. The predicted molar refractivity (Wildman–Crippen MR) is 61.5 cm³/mol. The van der Waals surface area contributed by atoms with E-state index in [2.05, 4.69) is 5.32 Å². The van der Waals surface area contributed by atoms with Gasteiger partial charge in [0, 0.05) is 25.8 Å². The van der Waals surface area contributed by atoms with E-state index in [0.717, 1.165) is 12.8 Å². The maximum Gasteiger partial charge on any atom is 0.323 e. The lowest BCUT2D eigenvalue weighted by molar-refractivity contribution is -0.161. The van der Waals surface area contributed by atoms with Crippen LogP contribution in [0.4, 0.5) is 0 Å². The molecule has 98 valence electrons. The molecule has 4 unspecified atom stereocenters. The lowest BCUT2D eigenvalue weighted by atomic mass is 10.0. The Kier molecular flexibility index (Phi) is 4.01. The first-order chi connectivity index (χ1) is 8.04. The van der Waals surface area contributed by atoms with E-state index < -0.39 is 6.10 Å². The van der Waals surface area contributed by atoms with Crippen LogP contribution in [-0.2, 0) is 14.3 Å². The molecular weight excluding hydrogens is 222 g/mol. The maximum atomic E-state index is 11.8. The fourth-order valence-corrected chi connectivity index (χ4v) is 2.58. The zero-order valence-corrected chi connectivity index (χ0v) is 10.4. The quantitative estimate of drug-likeness (QED) is 0.679. The molecule has 0 aliphatic carbocycles. The second-order valence-electron chi connectivity index (χ2n) is 5.14. The van der Waals surface area contributed by atoms with Crippen molar-refractivity contribution < 1.29 is 19.4 Å². The summed E-state index contributed by atoms with van der Waals surface area (Å²) in [5, 5.41) is 12.3. The molecule has 0 saturated carbocycles. The molecule has 0 aromatic rings. The van der Waals surface area contributed by atoms with Crippen molar-refractivity contribution in [2.45, 2.75) is 63.6 Å². The molecule has 2 N–H and O–H groups in total. The number of hydrogen-bond acceptors (Lipinski definition) is 5. The minimum atomic E-state index is -0.430. The highest BCUT2D eigenvalue weighted by Gasteiger charge is 2.33. The first kappa shape index (κ1) is 12.8. The summed E-state index contributed by atoms with van der Waals surface area (Å²) in [7, 11) is 0. The van der Waals surface area contributed by atoms with Crippen molar-refractivity contribution in [3.63, 3.8) is 0 Å². The van der Waals surface area contributed by atoms with Gasteiger partial charge in [-0.05, 0) is 13.8 Å². The molecule has 2 aliphatic rings. The molecule has 0 aromatic heterocycles. The van der Waals surface area contributed by atoms with Gasteiger partial charge in [0.1, 0.15) is 12.1 Å². The molecule has 0 spiro atoms. The minimum Gasteiger partial charge on any atom is -0.461 e. The number of carbonyl (C=O) groups excluding carboxylic acids is 1. The molecule has 0 bridgehead atoms. The van der Waals surface area contributed by atoms with Crippen LogP contribution in [-0.4, -0.2) is 48.1 Å². The molecule has 0 aromatic carbocycles. The van der Waals surface area contributed by atoms with Crippen LogP contribution in [0.1, 0.15) is 33.1 Å². The van der Waals surface area contributed by atoms with Crippen molar-refractivity contribution in [1.29, 1.82) is 0 Å². The number of aliphatic hydroxyl groups is 1. The Morgan fingerprint density at radius 1 is 1.29 bits per heavy atom. The topological polar surface area (TPSA) is 67.8 Å². The van der Waals surface area contributed by atoms with Crippen LogP contribution in [0.3, 0.4) is 0 Å². The fraction of sp³-hybridized carbons (Fsp3) is 0.917. The van der Waals surface area contributed by atoms with E-state index in [-0.39, 0.29) is 30.3 Å².